The lowest BCUT2D eigenvalue weighted by molar-refractivity contribution is -0.152. The number of rotatable bonds is 9. The molecule has 2 atom stereocenters. The Hall–Kier alpha value is -0.270. The Labute approximate surface area is 120 Å². The first kappa shape index (κ1) is 18.7. The van der Waals surface area contributed by atoms with Gasteiger partial charge in [-0.25, -0.2) is 4.79 Å². The van der Waals surface area contributed by atoms with Crippen molar-refractivity contribution in [1.29, 1.82) is 0 Å². The van der Waals surface area contributed by atoms with E-state index in [1.54, 1.807) is 13.8 Å². The lowest BCUT2D eigenvalue weighted by atomic mass is 9.87. The SMILES string of the molecule is CCC(C(=O)O)C(CC)(C(=O)O)S(OC)(OC)P=S. The molecule has 0 heterocycles. The van der Waals surface area contributed by atoms with Gasteiger partial charge in [0.15, 0.2) is 4.75 Å². The summed E-state index contributed by atoms with van der Waals surface area (Å²) in [5.74, 6) is -3.56. The van der Waals surface area contributed by atoms with Crippen LogP contribution in [0.4, 0.5) is 0 Å². The van der Waals surface area contributed by atoms with Crippen LogP contribution in [0.3, 0.4) is 0 Å². The van der Waals surface area contributed by atoms with Crippen molar-refractivity contribution in [3.63, 3.8) is 0 Å². The Balaban J connectivity index is 6.24. The van der Waals surface area contributed by atoms with Crippen LogP contribution >= 0.6 is 16.8 Å². The van der Waals surface area contributed by atoms with Crippen molar-refractivity contribution in [1.82, 2.24) is 0 Å². The van der Waals surface area contributed by atoms with E-state index in [0.29, 0.717) is 0 Å². The van der Waals surface area contributed by atoms with E-state index in [0.717, 1.165) is 0 Å². The smallest absolute Gasteiger partial charge is 0.330 e. The van der Waals surface area contributed by atoms with Crippen LogP contribution in [0.1, 0.15) is 26.7 Å². The van der Waals surface area contributed by atoms with E-state index < -0.39 is 32.8 Å². The molecule has 0 aromatic heterocycles. The van der Waals surface area contributed by atoms with Crippen LogP contribution in [-0.2, 0) is 29.8 Å². The van der Waals surface area contributed by atoms with Crippen molar-refractivity contribution in [3.05, 3.63) is 0 Å². The van der Waals surface area contributed by atoms with Crippen molar-refractivity contribution in [2.45, 2.75) is 31.4 Å². The topological polar surface area (TPSA) is 93.1 Å². The van der Waals surface area contributed by atoms with Crippen LogP contribution in [0.15, 0.2) is 0 Å². The van der Waals surface area contributed by atoms with Crippen molar-refractivity contribution >= 4 is 40.5 Å². The zero-order chi connectivity index (χ0) is 15.3. The second kappa shape index (κ2) is 7.50. The van der Waals surface area contributed by atoms with Gasteiger partial charge in [0, 0.05) is 0 Å². The normalized spacial score (nSPS) is 17.7. The highest BCUT2D eigenvalue weighted by molar-refractivity contribution is 8.74. The van der Waals surface area contributed by atoms with Gasteiger partial charge in [-0.2, -0.15) is 0 Å². The fraction of sp³-hybridized carbons (Fsp3) is 0.800. The molecule has 0 rings (SSSR count). The molecule has 112 valence electrons. The minimum Gasteiger partial charge on any atom is -0.481 e. The van der Waals surface area contributed by atoms with Gasteiger partial charge >= 0.3 is 11.9 Å². The quantitative estimate of drug-likeness (QED) is 0.628. The molecule has 0 aromatic carbocycles. The maximum Gasteiger partial charge on any atom is 0.330 e. The zero-order valence-electron chi connectivity index (χ0n) is 11.3. The standard InChI is InChI=1S/C10H19O6PS2/c1-5-7(8(11)12)10(6-2,9(13)14)19(15-3,16-4)17-18/h7H,5-6H2,1-4H3,(H,11,12)(H,13,14). The molecule has 0 amide bonds. The van der Waals surface area contributed by atoms with Gasteiger partial charge < -0.3 is 10.2 Å². The number of hydrogen-bond acceptors (Lipinski definition) is 5. The highest BCUT2D eigenvalue weighted by Crippen LogP contribution is 2.73. The third kappa shape index (κ3) is 2.92. The fourth-order valence-electron chi connectivity index (χ4n) is 2.22. The molecule has 0 spiro atoms. The molecule has 0 saturated heterocycles. The summed E-state index contributed by atoms with van der Waals surface area (Å²) >= 11 is 4.97. The van der Waals surface area contributed by atoms with Crippen LogP contribution < -0.4 is 0 Å². The van der Waals surface area contributed by atoms with Crippen LogP contribution in [0.25, 0.3) is 0 Å². The summed E-state index contributed by atoms with van der Waals surface area (Å²) in [6.07, 6.45) is 0.218. The summed E-state index contributed by atoms with van der Waals surface area (Å²) in [6, 6.07) is 0. The summed E-state index contributed by atoms with van der Waals surface area (Å²) in [6.45, 7) is 3.41. The van der Waals surface area contributed by atoms with E-state index in [1.165, 1.54) is 14.2 Å². The van der Waals surface area contributed by atoms with Gasteiger partial charge in [-0.05, 0) is 24.6 Å². The molecule has 0 bridgehead atoms. The number of carboxylic acids is 2. The van der Waals surface area contributed by atoms with Crippen molar-refractivity contribution in [2.24, 2.45) is 5.92 Å². The van der Waals surface area contributed by atoms with Gasteiger partial charge in [0.25, 0.3) is 0 Å². The highest BCUT2D eigenvalue weighted by atomic mass is 32.9. The molecule has 0 fully saturated rings. The number of aliphatic carboxylic acids is 2. The molecule has 0 aliphatic carbocycles. The van der Waals surface area contributed by atoms with Crippen LogP contribution in [-0.4, -0.2) is 41.1 Å². The Morgan fingerprint density at radius 3 is 1.95 bits per heavy atom. The Bertz CT molecular complexity index is 360. The number of carboxylic acid groups (broad SMARTS) is 2. The van der Waals surface area contributed by atoms with Gasteiger partial charge in [0.05, 0.1) is 20.1 Å². The van der Waals surface area contributed by atoms with Crippen molar-refractivity contribution in [2.75, 3.05) is 14.2 Å². The first-order valence-electron chi connectivity index (χ1n) is 5.58. The minimum atomic E-state index is -2.71. The average molecular weight is 330 g/mol. The lowest BCUT2D eigenvalue weighted by Crippen LogP contribution is -2.51. The molecule has 2 N–H and O–H groups in total. The molecule has 9 heteroatoms. The molecular weight excluding hydrogens is 311 g/mol. The zero-order valence-corrected chi connectivity index (χ0v) is 13.8. The van der Waals surface area contributed by atoms with Gasteiger partial charge in [0.1, 0.15) is 6.56 Å². The Kier molecular flexibility index (Phi) is 7.39. The van der Waals surface area contributed by atoms with Gasteiger partial charge in [0.2, 0.25) is 0 Å². The molecule has 6 nitrogen and oxygen atoms in total. The Morgan fingerprint density at radius 2 is 1.79 bits per heavy atom. The van der Waals surface area contributed by atoms with Crippen LogP contribution in [0.5, 0.6) is 0 Å². The van der Waals surface area contributed by atoms with E-state index >= 15 is 0 Å². The van der Waals surface area contributed by atoms with E-state index in [1.807, 2.05) is 0 Å². The third-order valence-corrected chi connectivity index (χ3v) is 10.2. The van der Waals surface area contributed by atoms with Crippen LogP contribution in [0.2, 0.25) is 0 Å². The van der Waals surface area contributed by atoms with E-state index in [-0.39, 0.29) is 19.4 Å². The summed E-state index contributed by atoms with van der Waals surface area (Å²) < 4.78 is 8.91. The van der Waals surface area contributed by atoms with Crippen molar-refractivity contribution in [3.8, 4) is 0 Å². The molecule has 19 heavy (non-hydrogen) atoms. The fourth-order valence-corrected chi connectivity index (χ4v) is 8.47. The maximum atomic E-state index is 11.8. The van der Waals surface area contributed by atoms with E-state index in [9.17, 15) is 19.8 Å². The molecule has 0 aliphatic heterocycles. The molecular formula is C10H19O6PS2. The van der Waals surface area contributed by atoms with E-state index in [2.05, 4.69) is 0 Å². The van der Waals surface area contributed by atoms with Crippen molar-refractivity contribution < 1.29 is 28.2 Å². The molecule has 0 aromatic rings. The van der Waals surface area contributed by atoms with Crippen LogP contribution in [0, 0.1) is 5.92 Å². The first-order chi connectivity index (χ1) is 8.83. The summed E-state index contributed by atoms with van der Waals surface area (Å²) in [4.78, 5) is 23.3. The molecule has 2 unspecified atom stereocenters. The molecule has 0 aliphatic rings. The second-order valence-electron chi connectivity index (χ2n) is 3.73. The highest BCUT2D eigenvalue weighted by Gasteiger charge is 2.58. The third-order valence-electron chi connectivity index (χ3n) is 3.17. The monoisotopic (exact) mass is 330 g/mol. The average Bonchev–Trinajstić information content (AvgIpc) is 2.38. The molecule has 0 radical (unpaired) electrons. The largest absolute Gasteiger partial charge is 0.481 e. The minimum absolute atomic E-state index is 0.0633. The predicted octanol–water partition coefficient (Wildman–Crippen LogP) is 2.58. The summed E-state index contributed by atoms with van der Waals surface area (Å²) in [5.41, 5.74) is 0. The maximum absolute atomic E-state index is 11.8. The van der Waals surface area contributed by atoms with Gasteiger partial charge in [-0.15, -0.1) is 10.2 Å². The lowest BCUT2D eigenvalue weighted by Gasteiger charge is -2.51. The summed E-state index contributed by atoms with van der Waals surface area (Å²) in [7, 11) is -0.100. The second-order valence-corrected chi connectivity index (χ2v) is 9.46. The Morgan fingerprint density at radius 1 is 1.32 bits per heavy atom. The predicted molar refractivity (Wildman–Crippen MR) is 78.0 cm³/mol. The van der Waals surface area contributed by atoms with E-state index in [4.69, 9.17) is 20.2 Å². The number of carbonyl (C=O) groups is 2. The first-order valence-corrected chi connectivity index (χ1v) is 9.57. The summed E-state index contributed by atoms with van der Waals surface area (Å²) in [5, 5.41) is 19.0. The van der Waals surface area contributed by atoms with Gasteiger partial charge in [-0.1, -0.05) is 13.8 Å². The molecule has 0 saturated carbocycles. The number of hydrogen-bond donors (Lipinski definition) is 2. The van der Waals surface area contributed by atoms with Gasteiger partial charge in [-0.3, -0.25) is 13.2 Å².